The first kappa shape index (κ1) is 16.5. The fraction of sp³-hybridized carbons (Fsp3) is 0.611. The molecule has 2 rings (SSSR count). The maximum Gasteiger partial charge on any atom is 0.227 e. The van der Waals surface area contributed by atoms with E-state index in [2.05, 4.69) is 61.8 Å². The predicted molar refractivity (Wildman–Crippen MR) is 93.1 cm³/mol. The van der Waals surface area contributed by atoms with Crippen molar-refractivity contribution in [2.45, 2.75) is 51.8 Å². The van der Waals surface area contributed by atoms with Gasteiger partial charge in [-0.25, -0.2) is 0 Å². The van der Waals surface area contributed by atoms with E-state index in [0.29, 0.717) is 22.6 Å². The summed E-state index contributed by atoms with van der Waals surface area (Å²) < 4.78 is 0. The maximum absolute atomic E-state index is 11.7. The molecule has 1 aliphatic rings. The monoisotopic (exact) mass is 351 g/mol. The van der Waals surface area contributed by atoms with Crippen molar-refractivity contribution in [2.75, 3.05) is 11.9 Å². The number of fused-ring (bicyclic) bond motifs is 1. The van der Waals surface area contributed by atoms with Gasteiger partial charge in [-0.15, -0.1) is 0 Å². The van der Waals surface area contributed by atoms with Crippen molar-refractivity contribution in [1.29, 1.82) is 0 Å². The van der Waals surface area contributed by atoms with Crippen molar-refractivity contribution < 1.29 is 4.79 Å². The van der Waals surface area contributed by atoms with Crippen LogP contribution >= 0.6 is 15.9 Å². The molecule has 0 N–H and O–H groups in total. The first-order valence-corrected chi connectivity index (χ1v) is 8.65. The topological polar surface area (TPSA) is 20.3 Å². The van der Waals surface area contributed by atoms with Gasteiger partial charge in [-0.2, -0.15) is 0 Å². The van der Waals surface area contributed by atoms with E-state index in [9.17, 15) is 4.79 Å². The molecule has 0 saturated heterocycles. The van der Waals surface area contributed by atoms with Crippen LogP contribution in [0.25, 0.3) is 0 Å². The average molecular weight is 352 g/mol. The average Bonchev–Trinajstić information content (AvgIpc) is 2.41. The number of carbonyl (C=O) groups excluding carboxylic acids is 1. The van der Waals surface area contributed by atoms with E-state index in [4.69, 9.17) is 0 Å². The summed E-state index contributed by atoms with van der Waals surface area (Å²) in [5, 5.41) is 0. The number of benzene rings is 1. The molecule has 2 atom stereocenters. The van der Waals surface area contributed by atoms with Crippen molar-refractivity contribution in [2.24, 2.45) is 11.3 Å². The van der Waals surface area contributed by atoms with Gasteiger partial charge in [0, 0.05) is 24.0 Å². The summed E-state index contributed by atoms with van der Waals surface area (Å²) in [5.74, 6) is 0.856. The lowest BCUT2D eigenvalue weighted by Crippen LogP contribution is -2.31. The Bertz CT molecular complexity index is 533. The number of hydrogen-bond acceptors (Lipinski definition) is 1. The zero-order chi connectivity index (χ0) is 15.8. The standard InChI is InChI=1S/C18H26BrNO/c1-12(18(2,3)4)10-15(19)13-6-8-16-14(11-13)7-9-17(21)20(16)5/h6,8,11-12,15H,7,9-10H2,1-5H3. The molecule has 1 aliphatic heterocycles. The molecule has 0 saturated carbocycles. The highest BCUT2D eigenvalue weighted by Gasteiger charge is 2.25. The molecule has 0 aromatic heterocycles. The van der Waals surface area contributed by atoms with Crippen molar-refractivity contribution in [3.8, 4) is 0 Å². The second-order valence-electron chi connectivity index (χ2n) is 7.31. The Hall–Kier alpha value is -0.830. The highest BCUT2D eigenvalue weighted by molar-refractivity contribution is 9.09. The number of nitrogens with zero attached hydrogens (tertiary/aromatic N) is 1. The lowest BCUT2D eigenvalue weighted by molar-refractivity contribution is -0.118. The minimum Gasteiger partial charge on any atom is -0.315 e. The van der Waals surface area contributed by atoms with E-state index in [1.165, 1.54) is 11.1 Å². The Morgan fingerprint density at radius 3 is 2.57 bits per heavy atom. The lowest BCUT2D eigenvalue weighted by Gasteiger charge is -2.30. The van der Waals surface area contributed by atoms with Crippen molar-refractivity contribution >= 4 is 27.5 Å². The van der Waals surface area contributed by atoms with Gasteiger partial charge in [0.2, 0.25) is 5.91 Å². The van der Waals surface area contributed by atoms with E-state index in [1.807, 2.05) is 7.05 Å². The Balaban J connectivity index is 2.17. The van der Waals surface area contributed by atoms with E-state index in [0.717, 1.165) is 18.5 Å². The van der Waals surface area contributed by atoms with E-state index in [-0.39, 0.29) is 5.91 Å². The number of hydrogen-bond donors (Lipinski definition) is 0. The summed E-state index contributed by atoms with van der Waals surface area (Å²) in [5.41, 5.74) is 4.01. The third-order valence-corrected chi connectivity index (χ3v) is 5.75. The van der Waals surface area contributed by atoms with Gasteiger partial charge >= 0.3 is 0 Å². The van der Waals surface area contributed by atoms with Crippen LogP contribution in [0.15, 0.2) is 18.2 Å². The van der Waals surface area contributed by atoms with Gasteiger partial charge in [-0.1, -0.05) is 55.8 Å². The Kier molecular flexibility index (Phi) is 4.82. The van der Waals surface area contributed by atoms with Crippen LogP contribution in [0.2, 0.25) is 0 Å². The van der Waals surface area contributed by atoms with Crippen LogP contribution in [0.3, 0.4) is 0 Å². The third-order valence-electron chi connectivity index (χ3n) is 4.85. The number of rotatable bonds is 3. The molecule has 0 radical (unpaired) electrons. The molecule has 0 fully saturated rings. The van der Waals surface area contributed by atoms with Gasteiger partial charge < -0.3 is 4.90 Å². The van der Waals surface area contributed by atoms with Crippen LogP contribution in [-0.4, -0.2) is 13.0 Å². The highest BCUT2D eigenvalue weighted by Crippen LogP contribution is 2.39. The molecular weight excluding hydrogens is 326 g/mol. The third kappa shape index (κ3) is 3.68. The quantitative estimate of drug-likeness (QED) is 0.693. The van der Waals surface area contributed by atoms with Crippen molar-refractivity contribution in [1.82, 2.24) is 0 Å². The Labute approximate surface area is 137 Å². The summed E-state index contributed by atoms with van der Waals surface area (Å²) in [7, 11) is 1.87. The molecule has 0 bridgehead atoms. The molecule has 1 aromatic rings. The van der Waals surface area contributed by atoms with Gasteiger partial charge in [0.1, 0.15) is 0 Å². The molecule has 2 unspecified atom stereocenters. The van der Waals surface area contributed by atoms with Crippen molar-refractivity contribution in [3.05, 3.63) is 29.3 Å². The van der Waals surface area contributed by atoms with Crippen LogP contribution in [0.5, 0.6) is 0 Å². The highest BCUT2D eigenvalue weighted by atomic mass is 79.9. The van der Waals surface area contributed by atoms with Gasteiger partial charge in [-0.3, -0.25) is 4.79 Å². The van der Waals surface area contributed by atoms with Gasteiger partial charge in [0.15, 0.2) is 0 Å². The fourth-order valence-corrected chi connectivity index (χ4v) is 3.52. The summed E-state index contributed by atoms with van der Waals surface area (Å²) >= 11 is 3.85. The maximum atomic E-state index is 11.7. The molecule has 3 heteroatoms. The fourth-order valence-electron chi connectivity index (χ4n) is 2.67. The number of carbonyl (C=O) groups is 1. The number of amides is 1. The smallest absolute Gasteiger partial charge is 0.227 e. The lowest BCUT2D eigenvalue weighted by atomic mass is 9.79. The van der Waals surface area contributed by atoms with Crippen LogP contribution in [0.1, 0.15) is 56.5 Å². The summed E-state index contributed by atoms with van der Waals surface area (Å²) in [6, 6.07) is 6.52. The molecule has 116 valence electrons. The largest absolute Gasteiger partial charge is 0.315 e. The first-order chi connectivity index (χ1) is 9.70. The van der Waals surface area contributed by atoms with Crippen LogP contribution in [0.4, 0.5) is 5.69 Å². The molecule has 1 heterocycles. The van der Waals surface area contributed by atoms with Gasteiger partial charge in [-0.05, 0) is 41.4 Å². The van der Waals surface area contributed by atoms with Gasteiger partial charge in [0.05, 0.1) is 0 Å². The summed E-state index contributed by atoms with van der Waals surface area (Å²) in [6.07, 6.45) is 2.61. The van der Waals surface area contributed by atoms with E-state index < -0.39 is 0 Å². The van der Waals surface area contributed by atoms with Crippen LogP contribution < -0.4 is 4.90 Å². The minimum atomic E-state index is 0.215. The summed E-state index contributed by atoms with van der Waals surface area (Å²) in [4.78, 5) is 13.9. The molecule has 0 aliphatic carbocycles. The van der Waals surface area contributed by atoms with Crippen molar-refractivity contribution in [3.63, 3.8) is 0 Å². The predicted octanol–water partition coefficient (Wildman–Crippen LogP) is 5.10. The van der Waals surface area contributed by atoms with E-state index >= 15 is 0 Å². The van der Waals surface area contributed by atoms with E-state index in [1.54, 1.807) is 4.90 Å². The van der Waals surface area contributed by atoms with Crippen LogP contribution in [0, 0.1) is 11.3 Å². The molecule has 1 aromatic carbocycles. The zero-order valence-electron chi connectivity index (χ0n) is 13.7. The first-order valence-electron chi connectivity index (χ1n) is 7.73. The number of anilines is 1. The molecule has 21 heavy (non-hydrogen) atoms. The van der Waals surface area contributed by atoms with Gasteiger partial charge in [0.25, 0.3) is 0 Å². The molecule has 1 amide bonds. The zero-order valence-corrected chi connectivity index (χ0v) is 15.3. The molecular formula is C18H26BrNO. The number of alkyl halides is 1. The second kappa shape index (κ2) is 6.12. The normalized spacial score (nSPS) is 18.4. The Morgan fingerprint density at radius 2 is 1.95 bits per heavy atom. The minimum absolute atomic E-state index is 0.215. The second-order valence-corrected chi connectivity index (χ2v) is 8.42. The number of aryl methyl sites for hydroxylation is 1. The van der Waals surface area contributed by atoms with Crippen LogP contribution in [-0.2, 0) is 11.2 Å². The number of halogens is 1. The molecule has 2 nitrogen and oxygen atoms in total. The molecule has 0 spiro atoms. The SMILES string of the molecule is CC(CC(Br)c1ccc2c(c1)CCC(=O)N2C)C(C)(C)C. The summed E-state index contributed by atoms with van der Waals surface area (Å²) in [6.45, 7) is 9.21. The Morgan fingerprint density at radius 1 is 1.29 bits per heavy atom.